The number of hydrogen-bond donors (Lipinski definition) is 1. The van der Waals surface area contributed by atoms with Crippen molar-refractivity contribution < 1.29 is 28.6 Å². The highest BCUT2D eigenvalue weighted by molar-refractivity contribution is 5.87. The second-order valence-electron chi connectivity index (χ2n) is 6.32. The van der Waals surface area contributed by atoms with Crippen LogP contribution >= 0.6 is 12.4 Å². The van der Waals surface area contributed by atoms with E-state index in [4.69, 9.17) is 5.73 Å². The number of benzene rings is 1. The first-order valence-electron chi connectivity index (χ1n) is 10.3. The van der Waals surface area contributed by atoms with Gasteiger partial charge in [-0.15, -0.1) is 12.4 Å². The molecule has 8 heteroatoms. The third-order valence-electron chi connectivity index (χ3n) is 3.18. The van der Waals surface area contributed by atoms with Gasteiger partial charge in [0.25, 0.3) is 0 Å². The zero-order valence-electron chi connectivity index (χ0n) is 20.8. The van der Waals surface area contributed by atoms with Gasteiger partial charge in [0.05, 0.1) is 13.7 Å². The summed E-state index contributed by atoms with van der Waals surface area (Å²) in [6.07, 6.45) is 4.99. The molecule has 0 aliphatic carbocycles. The number of carbonyl (C=O) groups excluding carboxylic acids is 3. The van der Waals surface area contributed by atoms with Crippen molar-refractivity contribution in [3.63, 3.8) is 0 Å². The summed E-state index contributed by atoms with van der Waals surface area (Å²) >= 11 is 0. The van der Waals surface area contributed by atoms with Gasteiger partial charge in [-0.1, -0.05) is 76.1 Å². The Balaban J connectivity index is -0.000000175. The van der Waals surface area contributed by atoms with Crippen molar-refractivity contribution in [2.75, 3.05) is 26.9 Å². The van der Waals surface area contributed by atoms with Crippen LogP contribution in [0.5, 0.6) is 0 Å². The average molecular weight is 498 g/mol. The van der Waals surface area contributed by atoms with E-state index in [9.17, 15) is 14.4 Å². The number of hydrogen-bond acceptors (Lipinski definition) is 7. The maximum Gasteiger partial charge on any atom is 0.333 e. The Hall–Kier alpha value is -3.16. The number of halogens is 1. The Bertz CT molecular complexity index is 730. The lowest BCUT2D eigenvalue weighted by Crippen LogP contribution is -2.13. The molecule has 0 aliphatic rings. The molecule has 0 fully saturated rings. The van der Waals surface area contributed by atoms with E-state index in [1.807, 2.05) is 43.3 Å². The number of rotatable bonds is 9. The third-order valence-corrected chi connectivity index (χ3v) is 3.18. The molecule has 7 nitrogen and oxygen atoms in total. The minimum absolute atomic E-state index is 0. The highest BCUT2D eigenvalue weighted by atomic mass is 35.5. The molecule has 2 N–H and O–H groups in total. The number of carbonyl (C=O) groups is 3. The minimum atomic E-state index is -0.375. The standard InChI is InChI=1S/C8H8.C7H12O2.C6H11NO2.C5H8O2.ClH/c1-2-8-6-4-3-5-7-8;1-3-5-6-9-7(8)4-2;1-5(2)6(8)9-4-3-7;1-4(2)5(6)7-3;/h2-7H,1H2;4H,2-3,5-6H2,1H3;1,3-4,7H2,2H3;1H2,2-3H3;1H. The van der Waals surface area contributed by atoms with Gasteiger partial charge in [0.15, 0.2) is 0 Å². The molecular weight excluding hydrogens is 458 g/mol. The number of methoxy groups -OCH3 is 1. The van der Waals surface area contributed by atoms with Crippen molar-refractivity contribution >= 4 is 36.4 Å². The Labute approximate surface area is 210 Å². The Morgan fingerprint density at radius 1 is 0.941 bits per heavy atom. The second-order valence-corrected chi connectivity index (χ2v) is 6.32. The number of unbranched alkanes of at least 4 members (excludes halogenated alkanes) is 1. The van der Waals surface area contributed by atoms with Crippen molar-refractivity contribution in [1.29, 1.82) is 0 Å². The molecule has 0 aliphatic heterocycles. The maximum absolute atomic E-state index is 10.5. The molecule has 0 atom stereocenters. The van der Waals surface area contributed by atoms with Gasteiger partial charge in [-0.3, -0.25) is 0 Å². The molecule has 34 heavy (non-hydrogen) atoms. The van der Waals surface area contributed by atoms with E-state index in [-0.39, 0.29) is 36.9 Å². The van der Waals surface area contributed by atoms with Crippen LogP contribution in [0.1, 0.15) is 39.2 Å². The van der Waals surface area contributed by atoms with Gasteiger partial charge in [-0.25, -0.2) is 14.4 Å². The molecule has 1 rings (SSSR count). The van der Waals surface area contributed by atoms with Crippen molar-refractivity contribution in [2.45, 2.75) is 33.6 Å². The first kappa shape index (κ1) is 38.1. The molecule has 0 aromatic heterocycles. The summed E-state index contributed by atoms with van der Waals surface area (Å²) in [7, 11) is 1.33. The summed E-state index contributed by atoms with van der Waals surface area (Å²) in [6, 6.07) is 10.0. The molecule has 1 aromatic rings. The molecule has 0 radical (unpaired) electrons. The lowest BCUT2D eigenvalue weighted by atomic mass is 10.2. The number of nitrogens with two attached hydrogens (primary N) is 1. The van der Waals surface area contributed by atoms with E-state index in [2.05, 4.69) is 40.5 Å². The summed E-state index contributed by atoms with van der Waals surface area (Å²) in [4.78, 5) is 31.1. The zero-order valence-corrected chi connectivity index (χ0v) is 21.7. The first-order valence-corrected chi connectivity index (χ1v) is 10.3. The predicted molar refractivity (Wildman–Crippen MR) is 142 cm³/mol. The zero-order chi connectivity index (χ0) is 26.1. The van der Waals surface area contributed by atoms with Crippen LogP contribution in [0, 0.1) is 0 Å². The summed E-state index contributed by atoms with van der Waals surface area (Å²) in [5.41, 5.74) is 7.08. The van der Waals surface area contributed by atoms with Gasteiger partial charge >= 0.3 is 17.9 Å². The van der Waals surface area contributed by atoms with Gasteiger partial charge in [0.2, 0.25) is 0 Å². The van der Waals surface area contributed by atoms with Crippen LogP contribution in [0.25, 0.3) is 6.08 Å². The van der Waals surface area contributed by atoms with E-state index in [0.717, 1.165) is 12.8 Å². The summed E-state index contributed by atoms with van der Waals surface area (Å²) in [6.45, 7) is 20.0. The van der Waals surface area contributed by atoms with Crippen LogP contribution in [-0.4, -0.2) is 44.8 Å². The van der Waals surface area contributed by atoms with Crippen molar-refractivity contribution in [3.8, 4) is 0 Å². The smallest absolute Gasteiger partial charge is 0.333 e. The van der Waals surface area contributed by atoms with E-state index in [1.54, 1.807) is 13.8 Å². The lowest BCUT2D eigenvalue weighted by molar-refractivity contribution is -0.139. The monoisotopic (exact) mass is 497 g/mol. The van der Waals surface area contributed by atoms with Crippen LogP contribution in [0.15, 0.2) is 73.9 Å². The van der Waals surface area contributed by atoms with Crippen LogP contribution < -0.4 is 5.73 Å². The van der Waals surface area contributed by atoms with Gasteiger partial charge in [-0.2, -0.15) is 0 Å². The first-order chi connectivity index (χ1) is 15.6. The average Bonchev–Trinajstić information content (AvgIpc) is 2.83. The van der Waals surface area contributed by atoms with Gasteiger partial charge in [0.1, 0.15) is 6.61 Å². The van der Waals surface area contributed by atoms with Crippen molar-refractivity contribution in [3.05, 3.63) is 79.4 Å². The SMILES string of the molecule is C=C(C)C(=O)OC.C=C(C)C(=O)OCCN.C=CC(=O)OCCCC.C=Cc1ccccc1.Cl. The van der Waals surface area contributed by atoms with Gasteiger partial charge in [-0.05, 0) is 25.8 Å². The molecule has 0 saturated heterocycles. The molecule has 0 spiro atoms. The summed E-state index contributed by atoms with van der Waals surface area (Å²) < 4.78 is 13.5. The van der Waals surface area contributed by atoms with Crippen LogP contribution in [0.4, 0.5) is 0 Å². The third kappa shape index (κ3) is 28.8. The van der Waals surface area contributed by atoms with E-state index in [0.29, 0.717) is 24.3 Å². The van der Waals surface area contributed by atoms with E-state index < -0.39 is 0 Å². The minimum Gasteiger partial charge on any atom is -0.466 e. The largest absolute Gasteiger partial charge is 0.466 e. The Kier molecular flexibility index (Phi) is 31.3. The number of ether oxygens (including phenoxy) is 3. The van der Waals surface area contributed by atoms with Crippen LogP contribution in [-0.2, 0) is 28.6 Å². The highest BCUT2D eigenvalue weighted by Gasteiger charge is 1.99. The van der Waals surface area contributed by atoms with E-state index >= 15 is 0 Å². The molecule has 0 amide bonds. The topological polar surface area (TPSA) is 105 Å². The Morgan fingerprint density at radius 3 is 1.76 bits per heavy atom. The maximum atomic E-state index is 10.5. The summed E-state index contributed by atoms with van der Waals surface area (Å²) in [5, 5.41) is 0. The summed E-state index contributed by atoms with van der Waals surface area (Å²) in [5.74, 6) is -1.05. The fourth-order valence-electron chi connectivity index (χ4n) is 1.41. The molecular formula is C26H40ClNO6. The second kappa shape index (κ2) is 27.9. The lowest BCUT2D eigenvalue weighted by Gasteiger charge is -1.99. The Morgan fingerprint density at radius 2 is 1.47 bits per heavy atom. The van der Waals surface area contributed by atoms with Crippen LogP contribution in [0.3, 0.4) is 0 Å². The van der Waals surface area contributed by atoms with Gasteiger partial charge in [0, 0.05) is 23.8 Å². The molecule has 0 saturated carbocycles. The number of esters is 3. The molecule has 0 heterocycles. The van der Waals surface area contributed by atoms with Crippen molar-refractivity contribution in [1.82, 2.24) is 0 Å². The fourth-order valence-corrected chi connectivity index (χ4v) is 1.41. The van der Waals surface area contributed by atoms with Crippen molar-refractivity contribution in [2.24, 2.45) is 5.73 Å². The fraction of sp³-hybridized carbons (Fsp3) is 0.346. The van der Waals surface area contributed by atoms with Crippen LogP contribution in [0.2, 0.25) is 0 Å². The molecule has 0 unspecified atom stereocenters. The normalized spacial score (nSPS) is 8.15. The van der Waals surface area contributed by atoms with E-state index in [1.165, 1.54) is 18.7 Å². The molecule has 1 aromatic carbocycles. The quantitative estimate of drug-likeness (QED) is 0.220. The highest BCUT2D eigenvalue weighted by Crippen LogP contribution is 1.97. The van der Waals surface area contributed by atoms with Gasteiger partial charge < -0.3 is 19.9 Å². The predicted octanol–water partition coefficient (Wildman–Crippen LogP) is 5.07. The molecule has 0 bridgehead atoms. The molecule has 192 valence electrons.